The number of hydrogen-bond acceptors (Lipinski definition) is 4. The highest BCUT2D eigenvalue weighted by atomic mass is 35.5. The Labute approximate surface area is 224 Å². The molecule has 0 aliphatic carbocycles. The van der Waals surface area contributed by atoms with E-state index in [9.17, 15) is 18.0 Å². The summed E-state index contributed by atoms with van der Waals surface area (Å²) in [6, 6.07) is 19.5. The minimum Gasteiger partial charge on any atom is -0.355 e. The van der Waals surface area contributed by atoms with Gasteiger partial charge in [-0.2, -0.15) is 0 Å². The van der Waals surface area contributed by atoms with Crippen molar-refractivity contribution in [3.63, 3.8) is 0 Å². The second-order valence-corrected chi connectivity index (χ2v) is 11.1. The molecule has 0 bridgehead atoms. The van der Waals surface area contributed by atoms with Crippen molar-refractivity contribution in [3.05, 3.63) is 94.5 Å². The number of rotatable bonds is 10. The van der Waals surface area contributed by atoms with E-state index in [-0.39, 0.29) is 17.3 Å². The number of carbonyl (C=O) groups is 2. The van der Waals surface area contributed by atoms with E-state index in [1.165, 1.54) is 17.0 Å². The molecule has 1 atom stereocenters. The predicted molar refractivity (Wildman–Crippen MR) is 147 cm³/mol. The van der Waals surface area contributed by atoms with E-state index >= 15 is 0 Å². The lowest BCUT2D eigenvalue weighted by Crippen LogP contribution is -2.51. The number of likely N-dealkylation sites (N-methyl/N-ethyl adjacent to an activating group) is 1. The molecule has 0 saturated carbocycles. The first-order chi connectivity index (χ1) is 17.6. The van der Waals surface area contributed by atoms with Gasteiger partial charge < -0.3 is 10.2 Å². The van der Waals surface area contributed by atoms with Gasteiger partial charge in [-0.05, 0) is 74.7 Å². The topological polar surface area (TPSA) is 86.8 Å². The summed E-state index contributed by atoms with van der Waals surface area (Å²) in [4.78, 5) is 28.1. The van der Waals surface area contributed by atoms with Crippen molar-refractivity contribution in [2.24, 2.45) is 0 Å². The molecule has 3 rings (SSSR count). The number of benzene rings is 3. The van der Waals surface area contributed by atoms with Crippen molar-refractivity contribution in [2.75, 3.05) is 17.4 Å². The van der Waals surface area contributed by atoms with Crippen molar-refractivity contribution >= 4 is 39.1 Å². The van der Waals surface area contributed by atoms with Crippen LogP contribution in [0.3, 0.4) is 0 Å². The fraction of sp³-hybridized carbons (Fsp3) is 0.286. The van der Waals surface area contributed by atoms with Crippen LogP contribution in [0.5, 0.6) is 0 Å². The van der Waals surface area contributed by atoms with E-state index < -0.39 is 28.5 Å². The molecule has 0 heterocycles. The van der Waals surface area contributed by atoms with E-state index in [0.717, 1.165) is 21.0 Å². The number of nitrogens with zero attached hydrogens (tertiary/aromatic N) is 2. The van der Waals surface area contributed by atoms with Crippen LogP contribution in [-0.4, -0.2) is 44.3 Å². The Kier molecular flexibility index (Phi) is 9.34. The highest BCUT2D eigenvalue weighted by molar-refractivity contribution is 7.92. The molecule has 0 unspecified atom stereocenters. The lowest BCUT2D eigenvalue weighted by Gasteiger charge is -2.32. The van der Waals surface area contributed by atoms with Gasteiger partial charge in [0.25, 0.3) is 10.0 Å². The zero-order valence-electron chi connectivity index (χ0n) is 21.4. The number of sulfonamides is 1. The summed E-state index contributed by atoms with van der Waals surface area (Å²) in [5.41, 5.74) is 2.77. The number of anilines is 1. The smallest absolute Gasteiger partial charge is 0.264 e. The molecule has 7 nitrogen and oxygen atoms in total. The summed E-state index contributed by atoms with van der Waals surface area (Å²) in [7, 11) is -4.09. The summed E-state index contributed by atoms with van der Waals surface area (Å²) in [5, 5.41) is 3.24. The van der Waals surface area contributed by atoms with Crippen molar-refractivity contribution < 1.29 is 18.0 Å². The summed E-state index contributed by atoms with van der Waals surface area (Å²) in [5.74, 6) is -0.846. The second kappa shape index (κ2) is 12.3. The van der Waals surface area contributed by atoms with Crippen molar-refractivity contribution in [1.29, 1.82) is 0 Å². The molecule has 0 aliphatic heterocycles. The zero-order valence-corrected chi connectivity index (χ0v) is 23.0. The summed E-state index contributed by atoms with van der Waals surface area (Å²) < 4.78 is 28.8. The SMILES string of the molecule is CCNC(=O)[C@@H](C)N(Cc1cccc(Cl)c1)C(=O)CN(c1cccc(C)c1C)S(=O)(=O)c1ccccc1. The largest absolute Gasteiger partial charge is 0.355 e. The molecule has 0 radical (unpaired) electrons. The van der Waals surface area contributed by atoms with Gasteiger partial charge >= 0.3 is 0 Å². The Morgan fingerprint density at radius 3 is 2.30 bits per heavy atom. The number of halogens is 1. The minimum atomic E-state index is -4.09. The third-order valence-corrected chi connectivity index (χ3v) is 8.22. The maximum atomic E-state index is 13.8. The van der Waals surface area contributed by atoms with Gasteiger partial charge in [0.15, 0.2) is 0 Å². The second-order valence-electron chi connectivity index (χ2n) is 8.77. The molecule has 1 N–H and O–H groups in total. The number of carbonyl (C=O) groups excluding carboxylic acids is 2. The highest BCUT2D eigenvalue weighted by Crippen LogP contribution is 2.29. The average molecular weight is 542 g/mol. The Morgan fingerprint density at radius 1 is 0.973 bits per heavy atom. The Hall–Kier alpha value is -3.36. The average Bonchev–Trinajstić information content (AvgIpc) is 2.88. The third-order valence-electron chi connectivity index (χ3n) is 6.22. The van der Waals surface area contributed by atoms with Gasteiger partial charge in [0.05, 0.1) is 10.6 Å². The Bertz CT molecular complexity index is 1360. The monoisotopic (exact) mass is 541 g/mol. The molecule has 0 aliphatic rings. The van der Waals surface area contributed by atoms with E-state index in [2.05, 4.69) is 5.32 Å². The maximum absolute atomic E-state index is 13.8. The van der Waals surface area contributed by atoms with E-state index in [0.29, 0.717) is 17.3 Å². The minimum absolute atomic E-state index is 0.0712. The van der Waals surface area contributed by atoms with E-state index in [1.807, 2.05) is 19.9 Å². The molecule has 9 heteroatoms. The zero-order chi connectivity index (χ0) is 27.2. The molecule has 0 spiro atoms. The number of hydrogen-bond donors (Lipinski definition) is 1. The van der Waals surface area contributed by atoms with E-state index in [1.54, 1.807) is 68.4 Å². The normalized spacial score (nSPS) is 12.0. The van der Waals surface area contributed by atoms with Gasteiger partial charge in [0.1, 0.15) is 12.6 Å². The predicted octanol–water partition coefficient (Wildman–Crippen LogP) is 4.71. The number of nitrogens with one attached hydrogen (secondary N) is 1. The summed E-state index contributed by atoms with van der Waals surface area (Å²) in [6.45, 7) is 7.14. The molecule has 0 aromatic heterocycles. The van der Waals surface area contributed by atoms with Gasteiger partial charge in [0, 0.05) is 18.1 Å². The molecule has 2 amide bonds. The number of aryl methyl sites for hydroxylation is 1. The Morgan fingerprint density at radius 2 is 1.65 bits per heavy atom. The highest BCUT2D eigenvalue weighted by Gasteiger charge is 2.33. The van der Waals surface area contributed by atoms with Gasteiger partial charge in [0.2, 0.25) is 11.8 Å². The van der Waals surface area contributed by atoms with Crippen LogP contribution < -0.4 is 9.62 Å². The first-order valence-electron chi connectivity index (χ1n) is 12.0. The summed E-state index contributed by atoms with van der Waals surface area (Å²) in [6.07, 6.45) is 0. The summed E-state index contributed by atoms with van der Waals surface area (Å²) >= 11 is 6.15. The molecule has 3 aromatic rings. The molecule has 0 saturated heterocycles. The molecule has 196 valence electrons. The molecule has 0 fully saturated rings. The van der Waals surface area contributed by atoms with Gasteiger partial charge in [-0.25, -0.2) is 8.42 Å². The standard InChI is InChI=1S/C28H32ClN3O4S/c1-5-30-28(34)22(4)31(18-23-12-10-13-24(29)17-23)27(33)19-32(26-16-9-11-20(2)21(26)3)37(35,36)25-14-7-6-8-15-25/h6-17,22H,5,18-19H2,1-4H3,(H,30,34)/t22-/m1/s1. The molecule has 3 aromatic carbocycles. The third kappa shape index (κ3) is 6.70. The first kappa shape index (κ1) is 28.2. The van der Waals surface area contributed by atoms with Crippen LogP contribution in [0.4, 0.5) is 5.69 Å². The molecular formula is C28H32ClN3O4S. The van der Waals surface area contributed by atoms with Crippen LogP contribution in [0.1, 0.15) is 30.5 Å². The fourth-order valence-corrected chi connectivity index (χ4v) is 5.68. The molecular weight excluding hydrogens is 510 g/mol. The number of amides is 2. The fourth-order valence-electron chi connectivity index (χ4n) is 3.98. The van der Waals surface area contributed by atoms with Crippen LogP contribution >= 0.6 is 11.6 Å². The van der Waals surface area contributed by atoms with Crippen LogP contribution in [0.2, 0.25) is 5.02 Å². The Balaban J connectivity index is 2.07. The van der Waals surface area contributed by atoms with Crippen LogP contribution in [0, 0.1) is 13.8 Å². The molecule has 37 heavy (non-hydrogen) atoms. The van der Waals surface area contributed by atoms with Crippen molar-refractivity contribution in [3.8, 4) is 0 Å². The van der Waals surface area contributed by atoms with Crippen molar-refractivity contribution in [1.82, 2.24) is 10.2 Å². The van der Waals surface area contributed by atoms with E-state index in [4.69, 9.17) is 11.6 Å². The van der Waals surface area contributed by atoms with Crippen molar-refractivity contribution in [2.45, 2.75) is 45.2 Å². The van der Waals surface area contributed by atoms with Crippen LogP contribution in [-0.2, 0) is 26.2 Å². The van der Waals surface area contributed by atoms with Crippen LogP contribution in [0.15, 0.2) is 77.7 Å². The van der Waals surface area contributed by atoms with Gasteiger partial charge in [-0.1, -0.05) is 54.1 Å². The van der Waals surface area contributed by atoms with Gasteiger partial charge in [-0.3, -0.25) is 13.9 Å². The maximum Gasteiger partial charge on any atom is 0.264 e. The lowest BCUT2D eigenvalue weighted by molar-refractivity contribution is -0.139. The lowest BCUT2D eigenvalue weighted by atomic mass is 10.1. The van der Waals surface area contributed by atoms with Crippen LogP contribution in [0.25, 0.3) is 0 Å². The quantitative estimate of drug-likeness (QED) is 0.403. The van der Waals surface area contributed by atoms with Gasteiger partial charge in [-0.15, -0.1) is 0 Å². The first-order valence-corrected chi connectivity index (χ1v) is 13.8.